The van der Waals surface area contributed by atoms with E-state index in [-0.39, 0.29) is 56.8 Å². The van der Waals surface area contributed by atoms with Gasteiger partial charge in [-0.1, -0.05) is 36.0 Å². The van der Waals surface area contributed by atoms with Crippen molar-refractivity contribution in [1.29, 1.82) is 0 Å². The van der Waals surface area contributed by atoms with Gasteiger partial charge in [0.15, 0.2) is 0 Å². The molecule has 0 spiro atoms. The zero-order valence-electron chi connectivity index (χ0n) is 10.8. The van der Waals surface area contributed by atoms with E-state index in [1.165, 1.54) is 0 Å². The van der Waals surface area contributed by atoms with Crippen LogP contribution in [0.15, 0.2) is 41.2 Å². The number of para-hydroxylation sites is 1. The summed E-state index contributed by atoms with van der Waals surface area (Å²) in [5.41, 5.74) is 2.96. The molecule has 0 aliphatic carbocycles. The quantitative estimate of drug-likeness (QED) is 0.312. The SMILES string of the molecule is Cc1c[c-]c2c(c1)c(=O)c1ccccc1n2C.[K+]. The first-order valence-corrected chi connectivity index (χ1v) is 5.58. The van der Waals surface area contributed by atoms with Gasteiger partial charge in [-0.2, -0.15) is 23.8 Å². The van der Waals surface area contributed by atoms with Crippen LogP contribution in [0.4, 0.5) is 0 Å². The van der Waals surface area contributed by atoms with Crippen molar-refractivity contribution in [3.63, 3.8) is 0 Å². The summed E-state index contributed by atoms with van der Waals surface area (Å²) in [6.45, 7) is 1.98. The van der Waals surface area contributed by atoms with Crippen molar-refractivity contribution in [2.75, 3.05) is 0 Å². The molecule has 0 bridgehead atoms. The zero-order chi connectivity index (χ0) is 12.0. The molecule has 18 heavy (non-hydrogen) atoms. The van der Waals surface area contributed by atoms with Gasteiger partial charge in [0.25, 0.3) is 0 Å². The van der Waals surface area contributed by atoms with Crippen LogP contribution in [0, 0.1) is 13.0 Å². The normalized spacial score (nSPS) is 10.6. The average molecular weight is 261 g/mol. The standard InChI is InChI=1S/C15H12NO.K/c1-10-7-8-14-12(9-10)15(17)11-5-3-4-6-13(11)16(14)2;/h3-7,9H,1-2H3;/q-1;+1. The van der Waals surface area contributed by atoms with E-state index < -0.39 is 0 Å². The van der Waals surface area contributed by atoms with Crippen LogP contribution in [-0.2, 0) is 7.05 Å². The van der Waals surface area contributed by atoms with Crippen molar-refractivity contribution in [3.05, 3.63) is 58.3 Å². The van der Waals surface area contributed by atoms with Crippen LogP contribution in [0.25, 0.3) is 21.8 Å². The Hall–Kier alpha value is -0.454. The topological polar surface area (TPSA) is 22.0 Å². The van der Waals surface area contributed by atoms with Gasteiger partial charge >= 0.3 is 51.4 Å². The molecular formula is C15H12KNO. The van der Waals surface area contributed by atoms with E-state index in [9.17, 15) is 4.79 Å². The van der Waals surface area contributed by atoms with E-state index in [0.717, 1.165) is 27.4 Å². The minimum absolute atomic E-state index is 0. The number of fused-ring (bicyclic) bond motifs is 2. The Morgan fingerprint density at radius 2 is 1.89 bits per heavy atom. The predicted octanol–water partition coefficient (Wildman–Crippen LogP) is -0.196. The monoisotopic (exact) mass is 261 g/mol. The molecule has 3 aromatic rings. The van der Waals surface area contributed by atoms with Gasteiger partial charge in [0, 0.05) is 18.0 Å². The molecular weight excluding hydrogens is 249 g/mol. The molecule has 84 valence electrons. The van der Waals surface area contributed by atoms with Crippen LogP contribution >= 0.6 is 0 Å². The summed E-state index contributed by atoms with van der Waals surface area (Å²) in [7, 11) is 1.97. The number of aryl methyl sites for hydroxylation is 2. The number of benzene rings is 2. The van der Waals surface area contributed by atoms with E-state index in [2.05, 4.69) is 6.07 Å². The third-order valence-electron chi connectivity index (χ3n) is 3.15. The summed E-state index contributed by atoms with van der Waals surface area (Å²) in [4.78, 5) is 12.4. The van der Waals surface area contributed by atoms with Gasteiger partial charge in [0.1, 0.15) is 5.43 Å². The second-order valence-corrected chi connectivity index (χ2v) is 4.34. The Morgan fingerprint density at radius 3 is 2.67 bits per heavy atom. The molecule has 0 N–H and O–H groups in total. The minimum Gasteiger partial charge on any atom is -0.367 e. The minimum atomic E-state index is 0. The van der Waals surface area contributed by atoms with Gasteiger partial charge in [0.2, 0.25) is 0 Å². The van der Waals surface area contributed by atoms with Gasteiger partial charge < -0.3 is 9.36 Å². The Bertz CT molecular complexity index is 789. The molecule has 1 aromatic heterocycles. The van der Waals surface area contributed by atoms with Crippen molar-refractivity contribution in [3.8, 4) is 0 Å². The van der Waals surface area contributed by atoms with Crippen LogP contribution in [0.3, 0.4) is 0 Å². The molecule has 3 heteroatoms. The summed E-state index contributed by atoms with van der Waals surface area (Å²) in [5.74, 6) is 0. The Labute approximate surface area is 148 Å². The molecule has 2 aromatic carbocycles. The summed E-state index contributed by atoms with van der Waals surface area (Å²) in [6, 6.07) is 14.7. The first kappa shape index (κ1) is 14.0. The largest absolute Gasteiger partial charge is 1.00 e. The molecule has 0 unspecified atom stereocenters. The van der Waals surface area contributed by atoms with Crippen molar-refractivity contribution in [2.24, 2.45) is 7.05 Å². The van der Waals surface area contributed by atoms with Gasteiger partial charge in [-0.15, -0.1) is 0 Å². The summed E-state index contributed by atoms with van der Waals surface area (Å²) >= 11 is 0. The average Bonchev–Trinajstić information content (AvgIpc) is 2.36. The smallest absolute Gasteiger partial charge is 0.367 e. The molecule has 3 rings (SSSR count). The second kappa shape index (κ2) is 5.27. The Morgan fingerprint density at radius 1 is 1.17 bits per heavy atom. The summed E-state index contributed by atoms with van der Waals surface area (Å²) < 4.78 is 2.02. The first-order valence-electron chi connectivity index (χ1n) is 5.58. The van der Waals surface area contributed by atoms with Gasteiger partial charge in [-0.3, -0.25) is 0 Å². The van der Waals surface area contributed by atoms with Gasteiger partial charge in [-0.05, 0) is 6.07 Å². The molecule has 0 saturated heterocycles. The summed E-state index contributed by atoms with van der Waals surface area (Å²) in [5, 5.41) is 1.51. The maximum absolute atomic E-state index is 12.4. The Balaban J connectivity index is 0.00000120. The Kier molecular flexibility index (Phi) is 4.09. The van der Waals surface area contributed by atoms with Crippen LogP contribution in [0.5, 0.6) is 0 Å². The molecule has 1 heterocycles. The van der Waals surface area contributed by atoms with Gasteiger partial charge in [0.05, 0.1) is 0 Å². The number of aromatic nitrogens is 1. The van der Waals surface area contributed by atoms with E-state index in [1.54, 1.807) is 0 Å². The molecule has 0 atom stereocenters. The third-order valence-corrected chi connectivity index (χ3v) is 3.15. The third kappa shape index (κ3) is 2.10. The maximum atomic E-state index is 12.4. The zero-order valence-corrected chi connectivity index (χ0v) is 13.9. The fraction of sp³-hybridized carbons (Fsp3) is 0.133. The molecule has 2 nitrogen and oxygen atoms in total. The molecule has 0 amide bonds. The molecule has 0 aliphatic heterocycles. The van der Waals surface area contributed by atoms with E-state index in [0.29, 0.717) is 0 Å². The molecule has 0 saturated carbocycles. The molecule has 0 aliphatic rings. The van der Waals surface area contributed by atoms with Crippen molar-refractivity contribution in [1.82, 2.24) is 4.57 Å². The second-order valence-electron chi connectivity index (χ2n) is 4.34. The van der Waals surface area contributed by atoms with Crippen LogP contribution in [0.2, 0.25) is 0 Å². The number of hydrogen-bond donors (Lipinski definition) is 0. The number of rotatable bonds is 0. The fourth-order valence-electron chi connectivity index (χ4n) is 2.27. The van der Waals surface area contributed by atoms with E-state index >= 15 is 0 Å². The van der Waals surface area contributed by atoms with Crippen LogP contribution in [-0.4, -0.2) is 4.57 Å². The van der Waals surface area contributed by atoms with E-state index in [4.69, 9.17) is 0 Å². The first-order chi connectivity index (χ1) is 8.18. The van der Waals surface area contributed by atoms with E-state index in [1.807, 2.05) is 54.9 Å². The fourth-order valence-corrected chi connectivity index (χ4v) is 2.27. The van der Waals surface area contributed by atoms with Crippen molar-refractivity contribution >= 4 is 21.8 Å². The number of nitrogens with zero attached hydrogens (tertiary/aromatic N) is 1. The van der Waals surface area contributed by atoms with Crippen molar-refractivity contribution in [2.45, 2.75) is 6.92 Å². The maximum Gasteiger partial charge on any atom is 1.00 e. The van der Waals surface area contributed by atoms with Gasteiger partial charge in [-0.25, -0.2) is 0 Å². The number of hydrogen-bond acceptors (Lipinski definition) is 1. The van der Waals surface area contributed by atoms with Crippen LogP contribution < -0.4 is 56.8 Å². The predicted molar refractivity (Wildman–Crippen MR) is 70.3 cm³/mol. The number of pyridine rings is 1. The van der Waals surface area contributed by atoms with Crippen LogP contribution in [0.1, 0.15) is 5.56 Å². The molecule has 0 fully saturated rings. The summed E-state index contributed by atoms with van der Waals surface area (Å²) in [6.07, 6.45) is 0. The molecule has 0 radical (unpaired) electrons. The van der Waals surface area contributed by atoms with Crippen molar-refractivity contribution < 1.29 is 51.4 Å².